The molecule has 0 aromatic carbocycles. The average Bonchev–Trinajstić information content (AvgIpc) is 2.49. The van der Waals surface area contributed by atoms with Gasteiger partial charge >= 0.3 is 0 Å². The molecule has 0 unspecified atom stereocenters. The topological polar surface area (TPSA) is 61.8 Å². The van der Waals surface area contributed by atoms with Crippen molar-refractivity contribution in [2.45, 2.75) is 6.54 Å². The Hall–Kier alpha value is -0.750. The van der Waals surface area contributed by atoms with Crippen molar-refractivity contribution in [2.75, 3.05) is 7.05 Å². The van der Waals surface area contributed by atoms with Gasteiger partial charge in [0.05, 0.1) is 3.79 Å². The van der Waals surface area contributed by atoms with E-state index in [1.165, 1.54) is 0 Å². The third-order valence-electron chi connectivity index (χ3n) is 1.54. The van der Waals surface area contributed by atoms with E-state index in [9.17, 15) is 0 Å². The lowest BCUT2D eigenvalue weighted by Gasteiger charge is -2.15. The number of rotatable bonds is 2. The Morgan fingerprint density at radius 3 is 3.00 bits per heavy atom. The maximum absolute atomic E-state index is 8.40. The zero-order chi connectivity index (χ0) is 9.84. The molecular formula is C7H10BrN3OS. The highest BCUT2D eigenvalue weighted by molar-refractivity contribution is 9.11. The van der Waals surface area contributed by atoms with Crippen LogP contribution in [-0.4, -0.2) is 23.1 Å². The van der Waals surface area contributed by atoms with Crippen LogP contribution in [-0.2, 0) is 6.54 Å². The largest absolute Gasteiger partial charge is 0.408 e. The normalized spacial score (nSPS) is 11.7. The van der Waals surface area contributed by atoms with Crippen LogP contribution in [0.2, 0.25) is 0 Å². The lowest BCUT2D eigenvalue weighted by Crippen LogP contribution is -2.33. The molecule has 0 fully saturated rings. The predicted molar refractivity (Wildman–Crippen MR) is 56.9 cm³/mol. The molecule has 0 aliphatic heterocycles. The van der Waals surface area contributed by atoms with Gasteiger partial charge in [-0.3, -0.25) is 0 Å². The van der Waals surface area contributed by atoms with Crippen LogP contribution in [0.25, 0.3) is 0 Å². The molecule has 0 atom stereocenters. The molecular weight excluding hydrogens is 254 g/mol. The molecule has 0 radical (unpaired) electrons. The highest BCUT2D eigenvalue weighted by atomic mass is 79.9. The monoisotopic (exact) mass is 263 g/mol. The third-order valence-corrected chi connectivity index (χ3v) is 3.09. The van der Waals surface area contributed by atoms with Gasteiger partial charge in [-0.05, 0) is 32.9 Å². The van der Waals surface area contributed by atoms with Crippen molar-refractivity contribution < 1.29 is 5.21 Å². The molecule has 72 valence electrons. The highest BCUT2D eigenvalue weighted by Gasteiger charge is 2.04. The molecule has 1 rings (SSSR count). The van der Waals surface area contributed by atoms with Crippen molar-refractivity contribution in [3.8, 4) is 0 Å². The first-order chi connectivity index (χ1) is 6.13. The molecule has 0 saturated carbocycles. The number of oxime groups is 1. The zero-order valence-electron chi connectivity index (χ0n) is 7.07. The molecule has 0 amide bonds. The first-order valence-electron chi connectivity index (χ1n) is 3.55. The van der Waals surface area contributed by atoms with Crippen molar-refractivity contribution in [3.63, 3.8) is 0 Å². The molecule has 3 N–H and O–H groups in total. The summed E-state index contributed by atoms with van der Waals surface area (Å²) in [5.41, 5.74) is 6.52. The van der Waals surface area contributed by atoms with Gasteiger partial charge in [-0.15, -0.1) is 11.3 Å². The van der Waals surface area contributed by atoms with Crippen molar-refractivity contribution in [1.29, 1.82) is 0 Å². The van der Waals surface area contributed by atoms with Gasteiger partial charge in [0, 0.05) is 13.6 Å². The van der Waals surface area contributed by atoms with E-state index in [-0.39, 0.29) is 5.96 Å². The average molecular weight is 264 g/mol. The summed E-state index contributed by atoms with van der Waals surface area (Å²) < 4.78 is 1.08. The van der Waals surface area contributed by atoms with Gasteiger partial charge < -0.3 is 15.8 Å². The summed E-state index contributed by atoms with van der Waals surface area (Å²) in [6, 6.07) is 2.01. The third kappa shape index (κ3) is 2.89. The van der Waals surface area contributed by atoms with Gasteiger partial charge in [-0.25, -0.2) is 0 Å². The number of hydrogen-bond acceptors (Lipinski definition) is 3. The Balaban J connectivity index is 2.59. The van der Waals surface area contributed by atoms with Crippen LogP contribution in [0.3, 0.4) is 0 Å². The molecule has 0 aliphatic rings. The first-order valence-corrected chi connectivity index (χ1v) is 5.22. The molecule has 0 aliphatic carbocycles. The maximum atomic E-state index is 8.40. The van der Waals surface area contributed by atoms with Crippen LogP contribution in [0.4, 0.5) is 0 Å². The Labute approximate surface area is 88.8 Å². The van der Waals surface area contributed by atoms with Gasteiger partial charge in [-0.1, -0.05) is 5.16 Å². The summed E-state index contributed by atoms with van der Waals surface area (Å²) in [4.78, 5) is 1.66. The van der Waals surface area contributed by atoms with Gasteiger partial charge in [-0.2, -0.15) is 0 Å². The second-order valence-electron chi connectivity index (χ2n) is 2.57. The number of nitrogens with two attached hydrogens (primary N) is 1. The number of guanidine groups is 1. The number of hydrogen-bond donors (Lipinski definition) is 2. The van der Waals surface area contributed by atoms with E-state index in [2.05, 4.69) is 21.1 Å². The van der Waals surface area contributed by atoms with E-state index >= 15 is 0 Å². The molecule has 0 spiro atoms. The maximum Gasteiger partial charge on any atom is 0.233 e. The first kappa shape index (κ1) is 10.3. The summed E-state index contributed by atoms with van der Waals surface area (Å²) in [5.74, 6) is 0.113. The molecule has 4 nitrogen and oxygen atoms in total. The second kappa shape index (κ2) is 4.48. The zero-order valence-corrected chi connectivity index (χ0v) is 9.47. The van der Waals surface area contributed by atoms with Crippen molar-refractivity contribution in [2.24, 2.45) is 10.9 Å². The van der Waals surface area contributed by atoms with Gasteiger partial charge in [0.15, 0.2) is 0 Å². The van der Waals surface area contributed by atoms with Crippen molar-refractivity contribution in [1.82, 2.24) is 4.90 Å². The summed E-state index contributed by atoms with van der Waals surface area (Å²) in [7, 11) is 1.76. The lowest BCUT2D eigenvalue weighted by atomic mass is 10.3. The smallest absolute Gasteiger partial charge is 0.233 e. The number of thiophene rings is 1. The minimum absolute atomic E-state index is 0.113. The minimum atomic E-state index is 0.113. The van der Waals surface area contributed by atoms with E-state index in [0.717, 1.165) is 9.35 Å². The van der Waals surface area contributed by atoms with Crippen LogP contribution in [0, 0.1) is 0 Å². The van der Waals surface area contributed by atoms with E-state index < -0.39 is 0 Å². The van der Waals surface area contributed by atoms with E-state index in [0.29, 0.717) is 6.54 Å². The van der Waals surface area contributed by atoms with Gasteiger partial charge in [0.25, 0.3) is 0 Å². The number of halogens is 1. The van der Waals surface area contributed by atoms with Crippen LogP contribution >= 0.6 is 27.3 Å². The van der Waals surface area contributed by atoms with E-state index in [1.807, 2.05) is 11.4 Å². The van der Waals surface area contributed by atoms with Crippen molar-refractivity contribution >= 4 is 33.2 Å². The van der Waals surface area contributed by atoms with Crippen LogP contribution in [0.5, 0.6) is 0 Å². The molecule has 0 saturated heterocycles. The lowest BCUT2D eigenvalue weighted by molar-refractivity contribution is 0.304. The van der Waals surface area contributed by atoms with Crippen LogP contribution in [0.15, 0.2) is 20.4 Å². The van der Waals surface area contributed by atoms with E-state index in [4.69, 9.17) is 10.9 Å². The molecule has 1 aromatic heterocycles. The summed E-state index contributed by atoms with van der Waals surface area (Å²) in [5, 5.41) is 13.3. The number of nitrogens with zero attached hydrogens (tertiary/aromatic N) is 2. The van der Waals surface area contributed by atoms with Crippen molar-refractivity contribution in [3.05, 3.63) is 20.8 Å². The minimum Gasteiger partial charge on any atom is -0.408 e. The summed E-state index contributed by atoms with van der Waals surface area (Å²) in [6.07, 6.45) is 0. The molecule has 1 aromatic rings. The SMILES string of the molecule is CN(Cc1csc(Br)c1)C(N)=NO. The summed E-state index contributed by atoms with van der Waals surface area (Å²) in [6.45, 7) is 0.637. The molecule has 1 heterocycles. The van der Waals surface area contributed by atoms with Gasteiger partial charge in [0.1, 0.15) is 0 Å². The fraction of sp³-hybridized carbons (Fsp3) is 0.286. The van der Waals surface area contributed by atoms with Crippen LogP contribution in [0.1, 0.15) is 5.56 Å². The fourth-order valence-electron chi connectivity index (χ4n) is 0.860. The predicted octanol–water partition coefficient (Wildman–Crippen LogP) is 1.65. The van der Waals surface area contributed by atoms with E-state index in [1.54, 1.807) is 23.3 Å². The molecule has 6 heteroatoms. The fourth-order valence-corrected chi connectivity index (χ4v) is 2.06. The molecule has 0 bridgehead atoms. The van der Waals surface area contributed by atoms with Crippen LogP contribution < -0.4 is 5.73 Å². The second-order valence-corrected chi connectivity index (χ2v) is 4.86. The highest BCUT2D eigenvalue weighted by Crippen LogP contribution is 2.21. The summed E-state index contributed by atoms with van der Waals surface area (Å²) >= 11 is 4.98. The Kier molecular flexibility index (Phi) is 3.56. The Morgan fingerprint density at radius 1 is 1.85 bits per heavy atom. The Morgan fingerprint density at radius 2 is 2.54 bits per heavy atom. The quantitative estimate of drug-likeness (QED) is 0.369. The molecule has 13 heavy (non-hydrogen) atoms. The van der Waals surface area contributed by atoms with Gasteiger partial charge in [0.2, 0.25) is 5.96 Å². The standard InChI is InChI=1S/C7H10BrN3OS/c1-11(7(9)10-12)3-5-2-6(8)13-4-5/h2,4,12H,3H2,1H3,(H2,9,10). The Bertz CT molecular complexity index is 312.